The lowest BCUT2D eigenvalue weighted by molar-refractivity contribution is 0.501. The van der Waals surface area contributed by atoms with Gasteiger partial charge in [-0.05, 0) is 49.4 Å². The smallest absolute Gasteiger partial charge is 0.250 e. The zero-order valence-corrected chi connectivity index (χ0v) is 12.6. The van der Waals surface area contributed by atoms with Crippen LogP contribution in [0.2, 0.25) is 0 Å². The molecule has 0 aromatic carbocycles. The maximum absolute atomic E-state index is 11.7. The van der Waals surface area contributed by atoms with E-state index in [4.69, 9.17) is 0 Å². The molecule has 2 aromatic rings. The monoisotopic (exact) mass is 283 g/mol. The average Bonchev–Trinajstić information content (AvgIpc) is 2.50. The van der Waals surface area contributed by atoms with E-state index in [2.05, 4.69) is 28.1 Å². The van der Waals surface area contributed by atoms with E-state index in [0.717, 1.165) is 37.4 Å². The van der Waals surface area contributed by atoms with Crippen LogP contribution in [0.3, 0.4) is 0 Å². The van der Waals surface area contributed by atoms with Crippen molar-refractivity contribution >= 4 is 5.82 Å². The molecule has 21 heavy (non-hydrogen) atoms. The summed E-state index contributed by atoms with van der Waals surface area (Å²) in [5, 5.41) is 0. The van der Waals surface area contributed by atoms with Crippen LogP contribution in [-0.4, -0.2) is 22.6 Å². The van der Waals surface area contributed by atoms with Gasteiger partial charge in [-0.3, -0.25) is 4.79 Å². The van der Waals surface area contributed by atoms with Gasteiger partial charge in [-0.15, -0.1) is 0 Å². The van der Waals surface area contributed by atoms with Gasteiger partial charge >= 0.3 is 0 Å². The molecular weight excluding hydrogens is 262 g/mol. The van der Waals surface area contributed by atoms with E-state index in [1.165, 1.54) is 5.56 Å². The van der Waals surface area contributed by atoms with Crippen molar-refractivity contribution in [3.05, 3.63) is 58.1 Å². The fourth-order valence-electron chi connectivity index (χ4n) is 2.96. The lowest BCUT2D eigenvalue weighted by Gasteiger charge is -2.33. The molecule has 0 N–H and O–H groups in total. The Morgan fingerprint density at radius 2 is 1.95 bits per heavy atom. The van der Waals surface area contributed by atoms with Gasteiger partial charge in [0.05, 0.1) is 0 Å². The zero-order chi connectivity index (χ0) is 14.8. The SMILES string of the molecule is Cc1cccc(N2CCC(c3ccn(C)c(=O)c3)CC2)n1. The van der Waals surface area contributed by atoms with Crippen molar-refractivity contribution in [3.8, 4) is 0 Å². The molecule has 1 saturated heterocycles. The quantitative estimate of drug-likeness (QED) is 0.850. The minimum Gasteiger partial charge on any atom is -0.357 e. The van der Waals surface area contributed by atoms with E-state index < -0.39 is 0 Å². The van der Waals surface area contributed by atoms with Crippen molar-refractivity contribution in [2.75, 3.05) is 18.0 Å². The van der Waals surface area contributed by atoms with Gasteiger partial charge in [0.2, 0.25) is 0 Å². The summed E-state index contributed by atoms with van der Waals surface area (Å²) in [5.74, 6) is 1.55. The first-order valence-corrected chi connectivity index (χ1v) is 7.48. The predicted octanol–water partition coefficient (Wildman–Crippen LogP) is 2.47. The minimum atomic E-state index is 0.0790. The van der Waals surface area contributed by atoms with E-state index in [1.807, 2.05) is 19.2 Å². The fourth-order valence-corrected chi connectivity index (χ4v) is 2.96. The van der Waals surface area contributed by atoms with Crippen molar-refractivity contribution in [1.82, 2.24) is 9.55 Å². The predicted molar refractivity (Wildman–Crippen MR) is 84.8 cm³/mol. The maximum Gasteiger partial charge on any atom is 0.250 e. The van der Waals surface area contributed by atoms with Crippen LogP contribution < -0.4 is 10.5 Å². The number of piperidine rings is 1. The molecular formula is C17H21N3O. The van der Waals surface area contributed by atoms with Gasteiger partial charge < -0.3 is 9.47 Å². The molecule has 0 radical (unpaired) electrons. The molecule has 1 fully saturated rings. The lowest BCUT2D eigenvalue weighted by Crippen LogP contribution is -2.33. The molecule has 110 valence electrons. The van der Waals surface area contributed by atoms with Gasteiger partial charge in [-0.2, -0.15) is 0 Å². The Hall–Kier alpha value is -2.10. The topological polar surface area (TPSA) is 38.1 Å². The summed E-state index contributed by atoms with van der Waals surface area (Å²) in [5.41, 5.74) is 2.31. The molecule has 0 unspecified atom stereocenters. The number of nitrogens with zero attached hydrogens (tertiary/aromatic N) is 3. The molecule has 0 amide bonds. The van der Waals surface area contributed by atoms with E-state index in [1.54, 1.807) is 17.7 Å². The third kappa shape index (κ3) is 2.99. The van der Waals surface area contributed by atoms with Crippen LogP contribution in [-0.2, 0) is 7.05 Å². The van der Waals surface area contributed by atoms with Gasteiger partial charge in [0.1, 0.15) is 5.82 Å². The summed E-state index contributed by atoms with van der Waals surface area (Å²) >= 11 is 0. The second-order valence-corrected chi connectivity index (χ2v) is 5.81. The zero-order valence-electron chi connectivity index (χ0n) is 12.6. The molecule has 2 aromatic heterocycles. The molecule has 0 aliphatic carbocycles. The summed E-state index contributed by atoms with van der Waals surface area (Å²) in [4.78, 5) is 18.7. The van der Waals surface area contributed by atoms with Crippen LogP contribution in [0.25, 0.3) is 0 Å². The van der Waals surface area contributed by atoms with Crippen LogP contribution in [0.1, 0.15) is 30.0 Å². The lowest BCUT2D eigenvalue weighted by atomic mass is 9.90. The number of hydrogen-bond donors (Lipinski definition) is 0. The first-order chi connectivity index (χ1) is 10.1. The molecule has 4 heteroatoms. The first kappa shape index (κ1) is 13.9. The largest absolute Gasteiger partial charge is 0.357 e. The van der Waals surface area contributed by atoms with Gasteiger partial charge in [0.25, 0.3) is 5.56 Å². The highest BCUT2D eigenvalue weighted by atomic mass is 16.1. The van der Waals surface area contributed by atoms with Gasteiger partial charge in [0, 0.05) is 38.1 Å². The molecule has 0 saturated carbocycles. The third-order valence-corrected chi connectivity index (χ3v) is 4.29. The van der Waals surface area contributed by atoms with Crippen molar-refractivity contribution in [2.24, 2.45) is 7.05 Å². The molecule has 3 heterocycles. The third-order valence-electron chi connectivity index (χ3n) is 4.29. The van der Waals surface area contributed by atoms with Crippen LogP contribution in [0.4, 0.5) is 5.82 Å². The van der Waals surface area contributed by atoms with E-state index in [0.29, 0.717) is 5.92 Å². The average molecular weight is 283 g/mol. The summed E-state index contributed by atoms with van der Waals surface area (Å²) in [7, 11) is 1.79. The van der Waals surface area contributed by atoms with Crippen LogP contribution in [0, 0.1) is 6.92 Å². The standard InChI is InChI=1S/C17H21N3O/c1-13-4-3-5-16(18-13)20-10-7-14(8-11-20)15-6-9-19(2)17(21)12-15/h3-6,9,12,14H,7-8,10-11H2,1-2H3. The molecule has 1 aliphatic heterocycles. The Kier molecular flexibility index (Phi) is 3.78. The van der Waals surface area contributed by atoms with E-state index >= 15 is 0 Å². The van der Waals surface area contributed by atoms with Crippen molar-refractivity contribution in [2.45, 2.75) is 25.7 Å². The Morgan fingerprint density at radius 3 is 2.62 bits per heavy atom. The highest BCUT2D eigenvalue weighted by Crippen LogP contribution is 2.29. The molecule has 0 atom stereocenters. The summed E-state index contributed by atoms with van der Waals surface area (Å²) < 4.78 is 1.62. The molecule has 0 spiro atoms. The Labute approximate surface area is 125 Å². The number of anilines is 1. The highest BCUT2D eigenvalue weighted by Gasteiger charge is 2.21. The van der Waals surface area contributed by atoms with Crippen molar-refractivity contribution < 1.29 is 0 Å². The maximum atomic E-state index is 11.7. The summed E-state index contributed by atoms with van der Waals surface area (Å²) in [6.45, 7) is 4.02. The fraction of sp³-hybridized carbons (Fsp3) is 0.412. The molecule has 1 aliphatic rings. The van der Waals surface area contributed by atoms with E-state index in [9.17, 15) is 4.79 Å². The Bertz CT molecular complexity index is 684. The number of hydrogen-bond acceptors (Lipinski definition) is 3. The van der Waals surface area contributed by atoms with Crippen molar-refractivity contribution in [3.63, 3.8) is 0 Å². The van der Waals surface area contributed by atoms with E-state index in [-0.39, 0.29) is 5.56 Å². The van der Waals surface area contributed by atoms with Crippen molar-refractivity contribution in [1.29, 1.82) is 0 Å². The van der Waals surface area contributed by atoms with Gasteiger partial charge in [-0.25, -0.2) is 4.98 Å². The number of aryl methyl sites for hydroxylation is 2. The van der Waals surface area contributed by atoms with Gasteiger partial charge in [-0.1, -0.05) is 6.07 Å². The summed E-state index contributed by atoms with van der Waals surface area (Å²) in [6, 6.07) is 10.0. The normalized spacial score (nSPS) is 16.2. The second kappa shape index (κ2) is 5.72. The van der Waals surface area contributed by atoms with Crippen LogP contribution >= 0.6 is 0 Å². The second-order valence-electron chi connectivity index (χ2n) is 5.81. The molecule has 0 bridgehead atoms. The Balaban J connectivity index is 1.70. The molecule has 4 nitrogen and oxygen atoms in total. The first-order valence-electron chi connectivity index (χ1n) is 7.48. The number of pyridine rings is 2. The highest BCUT2D eigenvalue weighted by molar-refractivity contribution is 5.40. The van der Waals surface area contributed by atoms with Gasteiger partial charge in [0.15, 0.2) is 0 Å². The van der Waals surface area contributed by atoms with Crippen LogP contribution in [0.5, 0.6) is 0 Å². The Morgan fingerprint density at radius 1 is 1.19 bits per heavy atom. The van der Waals surface area contributed by atoms with Crippen LogP contribution in [0.15, 0.2) is 41.3 Å². The number of rotatable bonds is 2. The number of aromatic nitrogens is 2. The minimum absolute atomic E-state index is 0.0790. The molecule has 3 rings (SSSR count). The summed E-state index contributed by atoms with van der Waals surface area (Å²) in [6.07, 6.45) is 4.01.